The van der Waals surface area contributed by atoms with Crippen molar-refractivity contribution < 1.29 is 42.5 Å². The number of amides is 1. The van der Waals surface area contributed by atoms with Crippen molar-refractivity contribution in [1.82, 2.24) is 10.6 Å². The summed E-state index contributed by atoms with van der Waals surface area (Å²) in [7, 11) is 0. The van der Waals surface area contributed by atoms with Gasteiger partial charge in [-0.15, -0.1) is 6.58 Å². The van der Waals surface area contributed by atoms with Crippen molar-refractivity contribution in [3.63, 3.8) is 0 Å². The summed E-state index contributed by atoms with van der Waals surface area (Å²) in [5, 5.41) is 22.5. The molecule has 1 amide bonds. The predicted octanol–water partition coefficient (Wildman–Crippen LogP) is 1.57. The zero-order chi connectivity index (χ0) is 25.8. The molecule has 0 saturated heterocycles. The van der Waals surface area contributed by atoms with Crippen molar-refractivity contribution in [1.29, 1.82) is 0 Å². The number of rotatable bonds is 9. The lowest BCUT2D eigenvalue weighted by Crippen LogP contribution is -2.60. The van der Waals surface area contributed by atoms with Gasteiger partial charge in [0.1, 0.15) is 0 Å². The van der Waals surface area contributed by atoms with E-state index in [4.69, 9.17) is 20.4 Å². The summed E-state index contributed by atoms with van der Waals surface area (Å²) >= 11 is 0. The van der Waals surface area contributed by atoms with E-state index in [1.54, 1.807) is 12.2 Å². The van der Waals surface area contributed by atoms with Crippen molar-refractivity contribution >= 4 is 23.8 Å². The number of ether oxygens (including phenoxy) is 1. The lowest BCUT2D eigenvalue weighted by atomic mass is 9.87. The Morgan fingerprint density at radius 3 is 2.24 bits per heavy atom. The molecule has 0 unspecified atom stereocenters. The molecule has 0 aromatic rings. The van der Waals surface area contributed by atoms with Crippen LogP contribution in [0.5, 0.6) is 0 Å². The molecule has 1 aliphatic rings. The highest BCUT2D eigenvalue weighted by Gasteiger charge is 2.38. The number of carboxylic acids is 2. The second kappa shape index (κ2) is 14.1. The fraction of sp³-hybridized carbons (Fsp3) is 0.600. The number of halogens is 3. The van der Waals surface area contributed by atoms with Gasteiger partial charge in [0.05, 0.1) is 30.8 Å². The van der Waals surface area contributed by atoms with Crippen LogP contribution >= 0.6 is 0 Å². The largest absolute Gasteiger partial charge is 0.490 e. The minimum atomic E-state index is -5.08. The first-order valence-corrected chi connectivity index (χ1v) is 10.1. The number of hydrogen-bond donors (Lipinski definition) is 5. The fourth-order valence-corrected chi connectivity index (χ4v) is 2.91. The Bertz CT molecular complexity index is 751. The molecule has 10 nitrogen and oxygen atoms in total. The Labute approximate surface area is 189 Å². The van der Waals surface area contributed by atoms with Crippen LogP contribution < -0.4 is 16.4 Å². The van der Waals surface area contributed by atoms with Gasteiger partial charge in [-0.2, -0.15) is 13.2 Å². The van der Waals surface area contributed by atoms with Gasteiger partial charge in [-0.25, -0.2) is 14.6 Å². The Morgan fingerprint density at radius 1 is 1.30 bits per heavy atom. The molecule has 0 spiro atoms. The molecule has 0 aromatic heterocycles. The number of alkyl halides is 3. The molecule has 0 aliphatic heterocycles. The molecule has 3 atom stereocenters. The summed E-state index contributed by atoms with van der Waals surface area (Å²) in [6.07, 6.45) is -0.748. The highest BCUT2D eigenvalue weighted by Crippen LogP contribution is 2.24. The first-order chi connectivity index (χ1) is 15.3. The molecule has 1 rings (SSSR count). The topological polar surface area (TPSA) is 163 Å². The molecule has 13 heteroatoms. The van der Waals surface area contributed by atoms with Crippen LogP contribution in [0.3, 0.4) is 0 Å². The molecule has 0 saturated carbocycles. The van der Waals surface area contributed by atoms with Crippen LogP contribution in [0.25, 0.3) is 0 Å². The highest BCUT2D eigenvalue weighted by molar-refractivity contribution is 5.87. The second-order valence-electron chi connectivity index (χ2n) is 7.04. The first-order valence-electron chi connectivity index (χ1n) is 10.1. The number of nitrogens with two attached hydrogens (primary N) is 1. The number of hydrogen-bond acceptors (Lipinski definition) is 5. The number of guanidine groups is 1. The van der Waals surface area contributed by atoms with Crippen LogP contribution in [-0.2, 0) is 19.1 Å². The minimum Gasteiger partial charge on any atom is -0.478 e. The maximum atomic E-state index is 11.7. The Hall–Kier alpha value is -3.09. The van der Waals surface area contributed by atoms with E-state index in [2.05, 4.69) is 22.2 Å². The number of aliphatic imine (C=N–C) groups is 1. The molecule has 0 heterocycles. The summed E-state index contributed by atoms with van der Waals surface area (Å²) < 4.78 is 37.8. The van der Waals surface area contributed by atoms with E-state index in [0.29, 0.717) is 6.54 Å². The van der Waals surface area contributed by atoms with Gasteiger partial charge >= 0.3 is 18.1 Å². The van der Waals surface area contributed by atoms with Crippen molar-refractivity contribution in [3.05, 3.63) is 24.3 Å². The normalized spacial score (nSPS) is 20.8. The Balaban J connectivity index is 0.00000126. The van der Waals surface area contributed by atoms with Crippen molar-refractivity contribution in [2.45, 2.75) is 70.5 Å². The molecule has 188 valence electrons. The van der Waals surface area contributed by atoms with Crippen LogP contribution in [0.2, 0.25) is 0 Å². The van der Waals surface area contributed by atoms with E-state index in [9.17, 15) is 27.9 Å². The summed E-state index contributed by atoms with van der Waals surface area (Å²) in [5.41, 5.74) is 6.09. The number of nitrogens with one attached hydrogen (secondary N) is 2. The summed E-state index contributed by atoms with van der Waals surface area (Å²) in [6, 6.07) is -0.920. The van der Waals surface area contributed by atoms with E-state index in [0.717, 1.165) is 12.8 Å². The van der Waals surface area contributed by atoms with Gasteiger partial charge in [0.25, 0.3) is 0 Å². The molecule has 0 fully saturated rings. The van der Waals surface area contributed by atoms with Gasteiger partial charge in [-0.05, 0) is 18.9 Å². The first kappa shape index (κ1) is 29.9. The van der Waals surface area contributed by atoms with Crippen LogP contribution in [0.4, 0.5) is 13.2 Å². The van der Waals surface area contributed by atoms with E-state index in [-0.39, 0.29) is 30.0 Å². The predicted molar refractivity (Wildman–Crippen MR) is 114 cm³/mol. The summed E-state index contributed by atoms with van der Waals surface area (Å²) in [4.78, 5) is 36.2. The van der Waals surface area contributed by atoms with E-state index in [1.807, 2.05) is 13.8 Å². The summed E-state index contributed by atoms with van der Waals surface area (Å²) in [5.74, 6) is -3.84. The fourth-order valence-electron chi connectivity index (χ4n) is 2.91. The van der Waals surface area contributed by atoms with Crippen LogP contribution in [-0.4, -0.2) is 71.0 Å². The second-order valence-corrected chi connectivity index (χ2v) is 7.04. The smallest absolute Gasteiger partial charge is 0.478 e. The third-order valence-corrected chi connectivity index (χ3v) is 4.46. The average Bonchev–Trinajstić information content (AvgIpc) is 2.71. The van der Waals surface area contributed by atoms with Gasteiger partial charge in [-0.1, -0.05) is 19.9 Å². The van der Waals surface area contributed by atoms with Gasteiger partial charge in [0, 0.05) is 18.9 Å². The molecule has 33 heavy (non-hydrogen) atoms. The third-order valence-electron chi connectivity index (χ3n) is 4.46. The minimum absolute atomic E-state index is 0.0342. The van der Waals surface area contributed by atoms with E-state index >= 15 is 0 Å². The van der Waals surface area contributed by atoms with Gasteiger partial charge in [-0.3, -0.25) is 4.79 Å². The molecule has 1 aliphatic carbocycles. The Kier molecular flexibility index (Phi) is 12.8. The molecular weight excluding hydrogens is 449 g/mol. The average molecular weight is 480 g/mol. The summed E-state index contributed by atoms with van der Waals surface area (Å²) in [6.45, 7) is 9.33. The number of carbonyl (C=O) groups is 3. The van der Waals surface area contributed by atoms with E-state index < -0.39 is 36.3 Å². The maximum absolute atomic E-state index is 11.7. The number of aliphatic carboxylic acids is 2. The van der Waals surface area contributed by atoms with Crippen LogP contribution in [0.15, 0.2) is 29.3 Å². The van der Waals surface area contributed by atoms with Gasteiger partial charge < -0.3 is 31.3 Å². The highest BCUT2D eigenvalue weighted by atomic mass is 19.4. The van der Waals surface area contributed by atoms with Crippen molar-refractivity contribution in [2.75, 3.05) is 6.54 Å². The standard InChI is InChI=1S/C18H30N4O4.C2HF3O2/c1-5-8-20-18(19)22-14-9-12(17(24)25)10-15(16(14)21-11(4)23)26-13(6-2)7-3;3-2(4,5)1(6)7/h5,10,13-16H,1,6-9H2,2-4H3,(H,21,23)(H,24,25)(H3,19,20,22);(H,6,7)/t14-,15+,16+;/m0./s1. The molecule has 6 N–H and O–H groups in total. The van der Waals surface area contributed by atoms with Crippen molar-refractivity contribution in [3.8, 4) is 0 Å². The zero-order valence-corrected chi connectivity index (χ0v) is 18.7. The number of carboxylic acid groups (broad SMARTS) is 2. The van der Waals surface area contributed by atoms with Crippen molar-refractivity contribution in [2.24, 2.45) is 10.7 Å². The zero-order valence-electron chi connectivity index (χ0n) is 18.7. The molecular formula is C20H31F3N4O6. The quantitative estimate of drug-likeness (QED) is 0.189. The number of carbonyl (C=O) groups excluding carboxylic acids is 1. The van der Waals surface area contributed by atoms with Gasteiger partial charge in [0.15, 0.2) is 5.96 Å². The third kappa shape index (κ3) is 11.4. The molecule has 0 bridgehead atoms. The van der Waals surface area contributed by atoms with E-state index in [1.165, 1.54) is 6.92 Å². The van der Waals surface area contributed by atoms with Crippen LogP contribution in [0.1, 0.15) is 40.0 Å². The van der Waals surface area contributed by atoms with Crippen LogP contribution in [0, 0.1) is 0 Å². The monoisotopic (exact) mass is 480 g/mol. The molecule has 0 aromatic carbocycles. The number of nitrogens with zero attached hydrogens (tertiary/aromatic N) is 1. The molecule has 0 radical (unpaired) electrons. The lowest BCUT2D eigenvalue weighted by molar-refractivity contribution is -0.192. The lowest BCUT2D eigenvalue weighted by Gasteiger charge is -2.38. The maximum Gasteiger partial charge on any atom is 0.490 e. The SMILES string of the molecule is C=CCN=C(N)N[C@H]1CC(C(=O)O)=C[C@@H](OC(CC)CC)[C@@H]1NC(C)=O.O=C(O)C(F)(F)F. The Morgan fingerprint density at radius 2 is 1.85 bits per heavy atom. The van der Waals surface area contributed by atoms with Gasteiger partial charge in [0.2, 0.25) is 5.91 Å².